The van der Waals surface area contributed by atoms with Gasteiger partial charge in [-0.05, 0) is 47.9 Å². The lowest BCUT2D eigenvalue weighted by Gasteiger charge is -2.39. The van der Waals surface area contributed by atoms with Crippen LogP contribution in [0, 0.1) is 5.92 Å². The summed E-state index contributed by atoms with van der Waals surface area (Å²) in [5, 5.41) is 0. The van der Waals surface area contributed by atoms with Gasteiger partial charge in [-0.1, -0.05) is 36.4 Å². The average Bonchev–Trinajstić information content (AvgIpc) is 3.23. The maximum absolute atomic E-state index is 13.5. The third-order valence-corrected chi connectivity index (χ3v) is 6.95. The summed E-state index contributed by atoms with van der Waals surface area (Å²) in [6.07, 6.45) is 4.76. The van der Waals surface area contributed by atoms with E-state index in [1.165, 1.54) is 11.1 Å². The van der Waals surface area contributed by atoms with Gasteiger partial charge in [0.2, 0.25) is 0 Å². The molecule has 5 heteroatoms. The molecule has 2 aliphatic rings. The molecule has 3 atom stereocenters. The van der Waals surface area contributed by atoms with Gasteiger partial charge in [-0.2, -0.15) is 0 Å². The smallest absolute Gasteiger partial charge is 0.254 e. The van der Waals surface area contributed by atoms with E-state index in [0.29, 0.717) is 11.8 Å². The molecule has 3 heterocycles. The molecule has 1 aromatic heterocycles. The quantitative estimate of drug-likeness (QED) is 0.612. The number of fused-ring (bicyclic) bond motifs is 1. The predicted octanol–water partition coefficient (Wildman–Crippen LogP) is 4.22. The Morgan fingerprint density at radius 3 is 2.72 bits per heavy atom. The van der Waals surface area contributed by atoms with Crippen molar-refractivity contribution in [2.24, 2.45) is 5.92 Å². The molecule has 2 aromatic carbocycles. The minimum atomic E-state index is 0.145. The molecule has 0 spiro atoms. The monoisotopic (exact) mass is 427 g/mol. The second kappa shape index (κ2) is 9.13. The SMILES string of the molecule is COc1cccc([C@H]2CN(C(=O)c3ccccc3)[C@@H]3CCN(Cc4cccnc4)C[C@H]23)c1. The normalized spacial score (nSPS) is 23.0. The van der Waals surface area contributed by atoms with E-state index in [1.807, 2.05) is 54.9 Å². The Morgan fingerprint density at radius 2 is 1.94 bits per heavy atom. The Hall–Kier alpha value is -3.18. The number of aromatic nitrogens is 1. The Labute approximate surface area is 189 Å². The fourth-order valence-electron chi connectivity index (χ4n) is 5.40. The summed E-state index contributed by atoms with van der Waals surface area (Å²) in [6, 6.07) is 22.4. The van der Waals surface area contributed by atoms with Gasteiger partial charge in [0.1, 0.15) is 5.75 Å². The number of nitrogens with zero attached hydrogens (tertiary/aromatic N) is 3. The highest BCUT2D eigenvalue weighted by Gasteiger charge is 2.47. The second-order valence-corrected chi connectivity index (χ2v) is 8.82. The van der Waals surface area contributed by atoms with Gasteiger partial charge < -0.3 is 9.64 Å². The number of amides is 1. The molecular weight excluding hydrogens is 398 g/mol. The molecule has 0 aliphatic carbocycles. The Kier molecular flexibility index (Phi) is 5.91. The van der Waals surface area contributed by atoms with E-state index < -0.39 is 0 Å². The van der Waals surface area contributed by atoms with E-state index in [-0.39, 0.29) is 11.9 Å². The van der Waals surface area contributed by atoms with E-state index in [2.05, 4.69) is 39.0 Å². The van der Waals surface area contributed by atoms with Crippen molar-refractivity contribution in [3.63, 3.8) is 0 Å². The van der Waals surface area contributed by atoms with E-state index in [0.717, 1.165) is 43.9 Å². The lowest BCUT2D eigenvalue weighted by molar-refractivity contribution is 0.0614. The van der Waals surface area contributed by atoms with Crippen molar-refractivity contribution < 1.29 is 9.53 Å². The van der Waals surface area contributed by atoms with Crippen LogP contribution in [-0.4, -0.2) is 53.5 Å². The number of carbonyl (C=O) groups is 1. The maximum atomic E-state index is 13.5. The molecule has 0 saturated carbocycles. The molecule has 2 aliphatic heterocycles. The number of piperidine rings is 1. The van der Waals surface area contributed by atoms with Gasteiger partial charge >= 0.3 is 0 Å². The molecule has 5 rings (SSSR count). The predicted molar refractivity (Wildman–Crippen MR) is 125 cm³/mol. The summed E-state index contributed by atoms with van der Waals surface area (Å²) in [5.41, 5.74) is 3.26. The van der Waals surface area contributed by atoms with Gasteiger partial charge in [0.15, 0.2) is 0 Å². The van der Waals surface area contributed by atoms with E-state index in [4.69, 9.17) is 4.74 Å². The zero-order chi connectivity index (χ0) is 21.9. The largest absolute Gasteiger partial charge is 0.497 e. The minimum Gasteiger partial charge on any atom is -0.497 e. The highest BCUT2D eigenvalue weighted by atomic mass is 16.5. The third-order valence-electron chi connectivity index (χ3n) is 6.95. The lowest BCUT2D eigenvalue weighted by atomic mass is 9.81. The standard InChI is InChI=1S/C27H29N3O2/c1-32-23-11-5-10-22(15-23)24-19-30(27(31)21-8-3-2-4-9-21)26-12-14-29(18-25(24)26)17-20-7-6-13-28-16-20/h2-11,13,15-16,24-26H,12,14,17-19H2,1H3/t24-,25-,26-/m1/s1. The van der Waals surface area contributed by atoms with Gasteiger partial charge in [0, 0.05) is 62.0 Å². The summed E-state index contributed by atoms with van der Waals surface area (Å²) >= 11 is 0. The van der Waals surface area contributed by atoms with Crippen LogP contribution in [0.15, 0.2) is 79.1 Å². The molecule has 1 amide bonds. The second-order valence-electron chi connectivity index (χ2n) is 8.82. The molecule has 0 N–H and O–H groups in total. The summed E-state index contributed by atoms with van der Waals surface area (Å²) in [6.45, 7) is 3.60. The Bertz CT molecular complexity index is 1060. The van der Waals surface area contributed by atoms with E-state index >= 15 is 0 Å². The van der Waals surface area contributed by atoms with Crippen LogP contribution in [0.2, 0.25) is 0 Å². The van der Waals surface area contributed by atoms with Gasteiger partial charge in [-0.3, -0.25) is 14.7 Å². The van der Waals surface area contributed by atoms with Crippen LogP contribution < -0.4 is 4.74 Å². The summed E-state index contributed by atoms with van der Waals surface area (Å²) < 4.78 is 5.50. The number of carbonyl (C=O) groups excluding carboxylic acids is 1. The Balaban J connectivity index is 1.43. The third kappa shape index (κ3) is 4.13. The zero-order valence-electron chi connectivity index (χ0n) is 18.4. The van der Waals surface area contributed by atoms with Gasteiger partial charge in [0.05, 0.1) is 7.11 Å². The number of rotatable bonds is 5. The highest BCUT2D eigenvalue weighted by molar-refractivity contribution is 5.94. The molecule has 2 fully saturated rings. The van der Waals surface area contributed by atoms with Crippen LogP contribution in [0.3, 0.4) is 0 Å². The average molecular weight is 428 g/mol. The van der Waals surface area contributed by atoms with Gasteiger partial charge in [0.25, 0.3) is 5.91 Å². The molecule has 0 unspecified atom stereocenters. The van der Waals surface area contributed by atoms with Crippen LogP contribution in [0.25, 0.3) is 0 Å². The highest BCUT2D eigenvalue weighted by Crippen LogP contribution is 2.43. The molecule has 0 radical (unpaired) electrons. The van der Waals surface area contributed by atoms with Crippen molar-refractivity contribution in [1.29, 1.82) is 0 Å². The molecule has 3 aromatic rings. The molecule has 32 heavy (non-hydrogen) atoms. The van der Waals surface area contributed by atoms with Crippen molar-refractivity contribution in [3.05, 3.63) is 95.8 Å². The van der Waals surface area contributed by atoms with Crippen molar-refractivity contribution in [2.75, 3.05) is 26.7 Å². The van der Waals surface area contributed by atoms with Crippen molar-refractivity contribution in [2.45, 2.75) is 24.9 Å². The van der Waals surface area contributed by atoms with Gasteiger partial charge in [-0.25, -0.2) is 0 Å². The zero-order valence-corrected chi connectivity index (χ0v) is 18.4. The number of hydrogen-bond donors (Lipinski definition) is 0. The number of hydrogen-bond acceptors (Lipinski definition) is 4. The van der Waals surface area contributed by atoms with Crippen molar-refractivity contribution in [1.82, 2.24) is 14.8 Å². The maximum Gasteiger partial charge on any atom is 0.254 e. The van der Waals surface area contributed by atoms with Crippen LogP contribution >= 0.6 is 0 Å². The first-order valence-corrected chi connectivity index (χ1v) is 11.3. The molecule has 164 valence electrons. The van der Waals surface area contributed by atoms with Crippen LogP contribution in [0.4, 0.5) is 0 Å². The number of benzene rings is 2. The van der Waals surface area contributed by atoms with E-state index in [1.54, 1.807) is 7.11 Å². The first-order valence-electron chi connectivity index (χ1n) is 11.3. The summed E-state index contributed by atoms with van der Waals surface area (Å²) in [5.74, 6) is 1.70. The summed E-state index contributed by atoms with van der Waals surface area (Å²) in [4.78, 5) is 22.4. The van der Waals surface area contributed by atoms with Crippen molar-refractivity contribution >= 4 is 5.91 Å². The summed E-state index contributed by atoms with van der Waals surface area (Å²) in [7, 11) is 1.71. The fourth-order valence-corrected chi connectivity index (χ4v) is 5.40. The minimum absolute atomic E-state index is 0.145. The van der Waals surface area contributed by atoms with E-state index in [9.17, 15) is 4.79 Å². The lowest BCUT2D eigenvalue weighted by Crippen LogP contribution is -2.47. The molecule has 5 nitrogen and oxygen atoms in total. The first-order chi connectivity index (χ1) is 15.7. The van der Waals surface area contributed by atoms with Crippen LogP contribution in [-0.2, 0) is 6.54 Å². The number of pyridine rings is 1. The van der Waals surface area contributed by atoms with Crippen LogP contribution in [0.1, 0.15) is 33.8 Å². The fraction of sp³-hybridized carbons (Fsp3) is 0.333. The molecular formula is C27H29N3O2. The Morgan fingerprint density at radius 1 is 1.06 bits per heavy atom. The number of likely N-dealkylation sites (tertiary alicyclic amines) is 2. The molecule has 2 saturated heterocycles. The topological polar surface area (TPSA) is 45.7 Å². The van der Waals surface area contributed by atoms with Crippen molar-refractivity contribution in [3.8, 4) is 5.75 Å². The first kappa shape index (κ1) is 20.7. The van der Waals surface area contributed by atoms with Gasteiger partial charge in [-0.15, -0.1) is 0 Å². The number of methoxy groups -OCH3 is 1. The number of ether oxygens (including phenoxy) is 1. The van der Waals surface area contributed by atoms with Crippen LogP contribution in [0.5, 0.6) is 5.75 Å². The molecule has 0 bridgehead atoms.